The van der Waals surface area contributed by atoms with E-state index in [1.54, 1.807) is 0 Å². The lowest BCUT2D eigenvalue weighted by atomic mass is 9.72. The second kappa shape index (κ2) is 2.65. The molecule has 1 saturated carbocycles. The molecule has 0 radical (unpaired) electrons. The van der Waals surface area contributed by atoms with Crippen molar-refractivity contribution >= 4 is 5.78 Å². The third-order valence-electron chi connectivity index (χ3n) is 2.13. The van der Waals surface area contributed by atoms with Crippen molar-refractivity contribution in [2.45, 2.75) is 33.1 Å². The van der Waals surface area contributed by atoms with Crippen molar-refractivity contribution in [3.8, 4) is 6.07 Å². The van der Waals surface area contributed by atoms with Crippen molar-refractivity contribution in [2.75, 3.05) is 0 Å². The summed E-state index contributed by atoms with van der Waals surface area (Å²) in [6.07, 6.45) is 1.99. The summed E-state index contributed by atoms with van der Waals surface area (Å²) in [6, 6.07) is 2.17. The molecule has 0 aromatic rings. The van der Waals surface area contributed by atoms with Crippen LogP contribution in [-0.4, -0.2) is 5.78 Å². The topological polar surface area (TPSA) is 40.9 Å². The Balaban J connectivity index is 2.67. The van der Waals surface area contributed by atoms with Gasteiger partial charge in [0.15, 0.2) is 0 Å². The first-order valence-corrected chi connectivity index (χ1v) is 3.95. The maximum absolute atomic E-state index is 11.1. The summed E-state index contributed by atoms with van der Waals surface area (Å²) in [5.74, 6) is 0.207. The Morgan fingerprint density at radius 3 is 2.73 bits per heavy atom. The quantitative estimate of drug-likeness (QED) is 0.530. The Morgan fingerprint density at radius 1 is 1.64 bits per heavy atom. The molecule has 60 valence electrons. The molecule has 11 heavy (non-hydrogen) atoms. The van der Waals surface area contributed by atoms with Crippen molar-refractivity contribution in [2.24, 2.45) is 11.3 Å². The van der Waals surface area contributed by atoms with Crippen molar-refractivity contribution < 1.29 is 4.79 Å². The zero-order valence-electron chi connectivity index (χ0n) is 7.05. The first-order valence-electron chi connectivity index (χ1n) is 3.95. The molecule has 1 unspecified atom stereocenters. The average Bonchev–Trinajstić information content (AvgIpc) is 1.83. The van der Waals surface area contributed by atoms with Crippen LogP contribution in [0.4, 0.5) is 0 Å². The van der Waals surface area contributed by atoms with E-state index in [1.807, 2.05) is 0 Å². The number of hydrogen-bond acceptors (Lipinski definition) is 2. The van der Waals surface area contributed by atoms with Gasteiger partial charge in [0.1, 0.15) is 5.78 Å². The van der Waals surface area contributed by atoms with Crippen molar-refractivity contribution in [3.63, 3.8) is 0 Å². The Bertz CT molecular complexity index is 212. The summed E-state index contributed by atoms with van der Waals surface area (Å²) in [6.45, 7) is 4.10. The predicted molar refractivity (Wildman–Crippen MR) is 41.7 cm³/mol. The van der Waals surface area contributed by atoms with Gasteiger partial charge in [-0.2, -0.15) is 5.26 Å². The van der Waals surface area contributed by atoms with Crippen molar-refractivity contribution in [1.82, 2.24) is 0 Å². The van der Waals surface area contributed by atoms with Crippen LogP contribution in [0, 0.1) is 22.7 Å². The van der Waals surface area contributed by atoms with Crippen molar-refractivity contribution in [3.05, 3.63) is 0 Å². The zero-order chi connectivity index (χ0) is 8.48. The fraction of sp³-hybridized carbons (Fsp3) is 0.778. The fourth-order valence-corrected chi connectivity index (χ4v) is 1.78. The van der Waals surface area contributed by atoms with E-state index in [0.717, 1.165) is 6.42 Å². The third-order valence-corrected chi connectivity index (χ3v) is 2.13. The summed E-state index contributed by atoms with van der Waals surface area (Å²) in [4.78, 5) is 11.1. The van der Waals surface area contributed by atoms with Crippen molar-refractivity contribution in [1.29, 1.82) is 5.26 Å². The number of ketones is 1. The fourth-order valence-electron chi connectivity index (χ4n) is 1.78. The maximum atomic E-state index is 11.1. The lowest BCUT2D eigenvalue weighted by Crippen LogP contribution is -2.28. The molecule has 0 saturated heterocycles. The van der Waals surface area contributed by atoms with E-state index in [4.69, 9.17) is 5.26 Å². The molecular formula is C9H13NO. The molecule has 0 bridgehead atoms. The SMILES string of the molecule is CC1(C)CC(=O)CC(C#N)C1. The molecule has 1 fully saturated rings. The Hall–Kier alpha value is -0.840. The van der Waals surface area contributed by atoms with Gasteiger partial charge in [-0.1, -0.05) is 13.8 Å². The first-order chi connectivity index (χ1) is 5.03. The first kappa shape index (κ1) is 8.26. The molecule has 1 aliphatic carbocycles. The summed E-state index contributed by atoms with van der Waals surface area (Å²) in [7, 11) is 0. The minimum absolute atomic E-state index is 0.0359. The molecule has 1 aliphatic rings. The van der Waals surface area contributed by atoms with Gasteiger partial charge in [-0.05, 0) is 11.8 Å². The number of carbonyl (C=O) groups is 1. The Kier molecular flexibility index (Phi) is 1.99. The second-order valence-electron chi connectivity index (χ2n) is 4.11. The van der Waals surface area contributed by atoms with Crippen LogP contribution in [0.15, 0.2) is 0 Å². The molecule has 2 nitrogen and oxygen atoms in total. The normalized spacial score (nSPS) is 29.5. The summed E-state index contributed by atoms with van der Waals surface area (Å²) >= 11 is 0. The minimum atomic E-state index is -0.0359. The van der Waals surface area contributed by atoms with Gasteiger partial charge in [0.25, 0.3) is 0 Å². The highest BCUT2D eigenvalue weighted by Crippen LogP contribution is 2.36. The second-order valence-corrected chi connectivity index (χ2v) is 4.11. The smallest absolute Gasteiger partial charge is 0.134 e. The molecule has 1 atom stereocenters. The minimum Gasteiger partial charge on any atom is -0.300 e. The van der Waals surface area contributed by atoms with Gasteiger partial charge < -0.3 is 0 Å². The summed E-state index contributed by atoms with van der Waals surface area (Å²) < 4.78 is 0. The van der Waals surface area contributed by atoms with Crippen LogP contribution in [0.1, 0.15) is 33.1 Å². The van der Waals surface area contributed by atoms with Crippen LogP contribution in [-0.2, 0) is 4.79 Å². The number of nitriles is 1. The van der Waals surface area contributed by atoms with Crippen LogP contribution >= 0.6 is 0 Å². The number of rotatable bonds is 0. The molecular weight excluding hydrogens is 138 g/mol. The van der Waals surface area contributed by atoms with E-state index < -0.39 is 0 Å². The van der Waals surface area contributed by atoms with Gasteiger partial charge in [0.05, 0.1) is 12.0 Å². The molecule has 0 heterocycles. The molecule has 0 spiro atoms. The number of hydrogen-bond donors (Lipinski definition) is 0. The van der Waals surface area contributed by atoms with E-state index >= 15 is 0 Å². The van der Waals surface area contributed by atoms with Crippen LogP contribution in [0.2, 0.25) is 0 Å². The Labute approximate surface area is 67.2 Å². The zero-order valence-corrected chi connectivity index (χ0v) is 7.05. The largest absolute Gasteiger partial charge is 0.300 e. The number of nitrogens with zero attached hydrogens (tertiary/aromatic N) is 1. The highest BCUT2D eigenvalue weighted by Gasteiger charge is 2.32. The maximum Gasteiger partial charge on any atom is 0.134 e. The number of Topliss-reactive ketones (excluding diaryl/α,β-unsaturated/α-hetero) is 1. The monoisotopic (exact) mass is 151 g/mol. The lowest BCUT2D eigenvalue weighted by molar-refractivity contribution is -0.124. The van der Waals surface area contributed by atoms with E-state index in [9.17, 15) is 4.79 Å². The summed E-state index contributed by atoms with van der Waals surface area (Å²) in [5.41, 5.74) is 0.0513. The Morgan fingerprint density at radius 2 is 2.27 bits per heavy atom. The van der Waals surface area contributed by atoms with Gasteiger partial charge in [-0.15, -0.1) is 0 Å². The molecule has 0 aliphatic heterocycles. The van der Waals surface area contributed by atoms with Gasteiger partial charge in [0.2, 0.25) is 0 Å². The predicted octanol–water partition coefficient (Wildman–Crippen LogP) is 1.91. The van der Waals surface area contributed by atoms with Crippen LogP contribution in [0.5, 0.6) is 0 Å². The molecule has 0 aromatic carbocycles. The van der Waals surface area contributed by atoms with E-state index in [0.29, 0.717) is 12.8 Å². The molecule has 0 amide bonds. The van der Waals surface area contributed by atoms with Crippen LogP contribution < -0.4 is 0 Å². The lowest BCUT2D eigenvalue weighted by Gasteiger charge is -2.30. The third kappa shape index (κ3) is 2.04. The van der Waals surface area contributed by atoms with Crippen LogP contribution in [0.3, 0.4) is 0 Å². The van der Waals surface area contributed by atoms with Gasteiger partial charge in [-0.25, -0.2) is 0 Å². The van der Waals surface area contributed by atoms with Gasteiger partial charge in [0, 0.05) is 12.8 Å². The van der Waals surface area contributed by atoms with E-state index in [-0.39, 0.29) is 17.1 Å². The highest BCUT2D eigenvalue weighted by molar-refractivity contribution is 5.80. The summed E-state index contributed by atoms with van der Waals surface area (Å²) in [5, 5.41) is 8.64. The van der Waals surface area contributed by atoms with Gasteiger partial charge in [-0.3, -0.25) is 4.79 Å². The van der Waals surface area contributed by atoms with Crippen LogP contribution in [0.25, 0.3) is 0 Å². The average molecular weight is 151 g/mol. The molecule has 0 aromatic heterocycles. The van der Waals surface area contributed by atoms with E-state index in [1.165, 1.54) is 0 Å². The highest BCUT2D eigenvalue weighted by atomic mass is 16.1. The van der Waals surface area contributed by atoms with Gasteiger partial charge >= 0.3 is 0 Å². The standard InChI is InChI=1S/C9H13NO/c1-9(2)4-7(6-10)3-8(11)5-9/h7H,3-5H2,1-2H3. The molecule has 1 rings (SSSR count). The number of carbonyl (C=O) groups excluding carboxylic acids is 1. The molecule has 2 heteroatoms. The molecule has 0 N–H and O–H groups in total. The van der Waals surface area contributed by atoms with E-state index in [2.05, 4.69) is 19.9 Å².